The van der Waals surface area contributed by atoms with E-state index in [9.17, 15) is 4.79 Å². The van der Waals surface area contributed by atoms with Gasteiger partial charge in [0.05, 0.1) is 0 Å². The molecule has 4 nitrogen and oxygen atoms in total. The highest BCUT2D eigenvalue weighted by atomic mass is 16.5. The molecule has 2 aliphatic heterocycles. The van der Waals surface area contributed by atoms with E-state index in [4.69, 9.17) is 4.74 Å². The summed E-state index contributed by atoms with van der Waals surface area (Å²) in [6.07, 6.45) is 6.70. The molecule has 2 aromatic rings. The number of rotatable bonds is 4. The zero-order chi connectivity index (χ0) is 18.6. The fourth-order valence-corrected chi connectivity index (χ4v) is 3.77. The summed E-state index contributed by atoms with van der Waals surface area (Å²) in [6, 6.07) is 15.0. The molecule has 0 spiro atoms. The third-order valence-corrected chi connectivity index (χ3v) is 5.41. The van der Waals surface area contributed by atoms with Gasteiger partial charge in [-0.3, -0.25) is 4.79 Å². The minimum absolute atomic E-state index is 0.193. The lowest BCUT2D eigenvalue weighted by Crippen LogP contribution is -2.41. The van der Waals surface area contributed by atoms with Gasteiger partial charge in [0.1, 0.15) is 11.9 Å². The van der Waals surface area contributed by atoms with Gasteiger partial charge >= 0.3 is 0 Å². The summed E-state index contributed by atoms with van der Waals surface area (Å²) < 4.78 is 6.14. The van der Waals surface area contributed by atoms with Crippen LogP contribution in [0.15, 0.2) is 48.7 Å². The molecule has 27 heavy (non-hydrogen) atoms. The summed E-state index contributed by atoms with van der Waals surface area (Å²) >= 11 is 0. The van der Waals surface area contributed by atoms with Crippen molar-refractivity contribution in [3.63, 3.8) is 0 Å². The van der Waals surface area contributed by atoms with Crippen molar-refractivity contribution in [3.05, 3.63) is 59.8 Å². The molecular formula is C23H26N2O2. The van der Waals surface area contributed by atoms with Crippen LogP contribution >= 0.6 is 0 Å². The van der Waals surface area contributed by atoms with Crippen molar-refractivity contribution < 1.29 is 9.53 Å². The van der Waals surface area contributed by atoms with Crippen molar-refractivity contribution in [3.8, 4) is 16.9 Å². The Kier molecular flexibility index (Phi) is 5.14. The molecule has 0 unspecified atom stereocenters. The molecule has 0 saturated carbocycles. The second kappa shape index (κ2) is 7.87. The highest BCUT2D eigenvalue weighted by Gasteiger charge is 2.22. The largest absolute Gasteiger partial charge is 0.490 e. The Balaban J connectivity index is 1.39. The molecule has 1 amide bonds. The van der Waals surface area contributed by atoms with E-state index in [-0.39, 0.29) is 12.0 Å². The smallest absolute Gasteiger partial charge is 0.222 e. The highest BCUT2D eigenvalue weighted by Crippen LogP contribution is 2.27. The second-order valence-corrected chi connectivity index (χ2v) is 7.20. The maximum absolute atomic E-state index is 11.8. The van der Waals surface area contributed by atoms with Gasteiger partial charge in [-0.2, -0.15) is 0 Å². The molecule has 0 atom stereocenters. The van der Waals surface area contributed by atoms with E-state index in [1.54, 1.807) is 0 Å². The number of hydrogen-bond donors (Lipinski definition) is 1. The van der Waals surface area contributed by atoms with Gasteiger partial charge in [0.2, 0.25) is 5.91 Å². The number of ether oxygens (including phenoxy) is 1. The van der Waals surface area contributed by atoms with Crippen LogP contribution in [-0.2, 0) is 11.3 Å². The lowest BCUT2D eigenvalue weighted by atomic mass is 9.98. The number of nitrogens with zero attached hydrogens (tertiary/aromatic N) is 1. The lowest BCUT2D eigenvalue weighted by molar-refractivity contribution is -0.132. The monoisotopic (exact) mass is 362 g/mol. The van der Waals surface area contributed by atoms with E-state index in [0.717, 1.165) is 38.2 Å². The van der Waals surface area contributed by atoms with E-state index in [1.807, 2.05) is 18.0 Å². The number of hydrogen-bond acceptors (Lipinski definition) is 3. The van der Waals surface area contributed by atoms with Crippen LogP contribution < -0.4 is 10.1 Å². The first-order valence-corrected chi connectivity index (χ1v) is 9.80. The molecule has 0 radical (unpaired) electrons. The Labute approximate surface area is 160 Å². The van der Waals surface area contributed by atoms with Gasteiger partial charge in [0.25, 0.3) is 0 Å². The summed E-state index contributed by atoms with van der Waals surface area (Å²) in [6.45, 7) is 4.41. The topological polar surface area (TPSA) is 41.6 Å². The van der Waals surface area contributed by atoms with Crippen LogP contribution in [0.25, 0.3) is 17.2 Å². The Bertz CT molecular complexity index is 834. The zero-order valence-corrected chi connectivity index (χ0v) is 15.8. The lowest BCUT2D eigenvalue weighted by Gasteiger charge is -2.32. The van der Waals surface area contributed by atoms with Crippen LogP contribution in [0.4, 0.5) is 0 Å². The van der Waals surface area contributed by atoms with Crippen LogP contribution in [0, 0.1) is 0 Å². The fraction of sp³-hybridized carbons (Fsp3) is 0.348. The van der Waals surface area contributed by atoms with Crippen molar-refractivity contribution in [2.24, 2.45) is 0 Å². The first-order valence-electron chi connectivity index (χ1n) is 9.80. The van der Waals surface area contributed by atoms with Crippen molar-refractivity contribution in [2.75, 3.05) is 13.1 Å². The fourth-order valence-electron chi connectivity index (χ4n) is 3.77. The molecule has 0 bridgehead atoms. The summed E-state index contributed by atoms with van der Waals surface area (Å²) in [7, 11) is 0. The first-order chi connectivity index (χ1) is 13.2. The van der Waals surface area contributed by atoms with Crippen molar-refractivity contribution >= 4 is 12.0 Å². The van der Waals surface area contributed by atoms with Crippen molar-refractivity contribution in [1.29, 1.82) is 0 Å². The number of carbonyl (C=O) groups is 1. The number of benzene rings is 2. The van der Waals surface area contributed by atoms with Gasteiger partial charge in [-0.15, -0.1) is 0 Å². The molecule has 1 N–H and O–H groups in total. The molecule has 4 heteroatoms. The third kappa shape index (κ3) is 4.00. The van der Waals surface area contributed by atoms with E-state index in [2.05, 4.69) is 53.9 Å². The van der Waals surface area contributed by atoms with Gasteiger partial charge in [-0.05, 0) is 52.7 Å². The predicted molar refractivity (Wildman–Crippen MR) is 108 cm³/mol. The molecule has 140 valence electrons. The third-order valence-electron chi connectivity index (χ3n) is 5.41. The number of likely N-dealkylation sites (tertiary alicyclic amines) is 1. The maximum atomic E-state index is 11.8. The summed E-state index contributed by atoms with van der Waals surface area (Å²) in [5.41, 5.74) is 5.02. The normalized spacial score (nSPS) is 16.6. The molecule has 4 rings (SSSR count). The molecule has 2 aliphatic rings. The van der Waals surface area contributed by atoms with Crippen LogP contribution in [0.1, 0.15) is 37.3 Å². The van der Waals surface area contributed by atoms with E-state index < -0.39 is 0 Å². The van der Waals surface area contributed by atoms with Crippen molar-refractivity contribution in [1.82, 2.24) is 10.2 Å². The van der Waals surface area contributed by atoms with E-state index >= 15 is 0 Å². The van der Waals surface area contributed by atoms with Gasteiger partial charge in [0.15, 0.2) is 0 Å². The Morgan fingerprint density at radius 1 is 1.11 bits per heavy atom. The van der Waals surface area contributed by atoms with Crippen LogP contribution in [0.5, 0.6) is 5.75 Å². The molecule has 0 aliphatic carbocycles. The highest BCUT2D eigenvalue weighted by molar-refractivity contribution is 5.75. The van der Waals surface area contributed by atoms with Gasteiger partial charge in [-0.1, -0.05) is 31.2 Å². The summed E-state index contributed by atoms with van der Waals surface area (Å²) in [5, 5.41) is 3.24. The second-order valence-electron chi connectivity index (χ2n) is 7.20. The minimum atomic E-state index is 0.193. The molecular weight excluding hydrogens is 336 g/mol. The SMILES string of the molecule is CCC(=O)N1CCC(Oc2ccc(-c3ccc4c(c3)C=CNC4)cc2)CC1. The van der Waals surface area contributed by atoms with Gasteiger partial charge in [-0.25, -0.2) is 0 Å². The van der Waals surface area contributed by atoms with E-state index in [0.29, 0.717) is 6.42 Å². The molecule has 2 heterocycles. The van der Waals surface area contributed by atoms with Gasteiger partial charge in [0, 0.05) is 38.9 Å². The van der Waals surface area contributed by atoms with Gasteiger partial charge < -0.3 is 15.0 Å². The average molecular weight is 362 g/mol. The molecule has 0 aromatic heterocycles. The Hall–Kier alpha value is -2.75. The van der Waals surface area contributed by atoms with E-state index in [1.165, 1.54) is 22.3 Å². The number of amides is 1. The number of fused-ring (bicyclic) bond motifs is 1. The Morgan fingerprint density at radius 3 is 2.59 bits per heavy atom. The average Bonchev–Trinajstić information content (AvgIpc) is 2.74. The quantitative estimate of drug-likeness (QED) is 0.886. The van der Waals surface area contributed by atoms with Crippen LogP contribution in [-0.4, -0.2) is 30.0 Å². The molecule has 1 saturated heterocycles. The number of piperidine rings is 1. The van der Waals surface area contributed by atoms with Crippen LogP contribution in [0.3, 0.4) is 0 Å². The predicted octanol–water partition coefficient (Wildman–Crippen LogP) is 4.21. The zero-order valence-electron chi connectivity index (χ0n) is 15.8. The maximum Gasteiger partial charge on any atom is 0.222 e. The van der Waals surface area contributed by atoms with Crippen LogP contribution in [0.2, 0.25) is 0 Å². The molecule has 2 aromatic carbocycles. The summed E-state index contributed by atoms with van der Waals surface area (Å²) in [5.74, 6) is 1.15. The van der Waals surface area contributed by atoms with Crippen molar-refractivity contribution in [2.45, 2.75) is 38.8 Å². The number of nitrogens with one attached hydrogen (secondary N) is 1. The molecule has 1 fully saturated rings. The summed E-state index contributed by atoms with van der Waals surface area (Å²) in [4.78, 5) is 13.7. The standard InChI is InChI=1S/C23H26N2O2/c1-2-23(26)25-13-10-22(11-14-25)27-21-7-5-17(6-8-21)18-3-4-20-16-24-12-9-19(20)15-18/h3-9,12,15,22,24H,2,10-11,13-14,16H2,1H3. The first kappa shape index (κ1) is 17.7. The minimum Gasteiger partial charge on any atom is -0.490 e. The number of carbonyl (C=O) groups excluding carboxylic acids is 1. The Morgan fingerprint density at radius 2 is 1.85 bits per heavy atom.